The number of carbonyl (C=O) groups is 2. The fraction of sp³-hybridized carbons (Fsp3) is 0.550. The van der Waals surface area contributed by atoms with Crippen molar-refractivity contribution in [3.8, 4) is 0 Å². The van der Waals surface area contributed by atoms with Gasteiger partial charge in [0.1, 0.15) is 11.2 Å². The number of hydrogen-bond donors (Lipinski definition) is 0. The standard InChI is InChI=1S/C20H25FN4O2/c1-13(2)23-10-4-8-20(19(23)27)9-5-11-25(20)18(26)16-17(21)24-12-14(3)6-7-15(24)22-16/h6-7,12-13H,4-5,8-11H2,1-3H3. The van der Waals surface area contributed by atoms with Gasteiger partial charge in [0.15, 0.2) is 5.69 Å². The lowest BCUT2D eigenvalue weighted by Crippen LogP contribution is -2.62. The minimum atomic E-state index is -0.849. The number of likely N-dealkylation sites (tertiary alicyclic amines) is 2. The highest BCUT2D eigenvalue weighted by Crippen LogP contribution is 2.39. The van der Waals surface area contributed by atoms with Crippen LogP contribution >= 0.6 is 0 Å². The molecule has 0 N–H and O–H groups in total. The molecule has 2 aliphatic heterocycles. The van der Waals surface area contributed by atoms with E-state index in [1.54, 1.807) is 17.2 Å². The summed E-state index contributed by atoms with van der Waals surface area (Å²) in [6.07, 6.45) is 4.49. The van der Waals surface area contributed by atoms with Gasteiger partial charge in [-0.2, -0.15) is 4.39 Å². The van der Waals surface area contributed by atoms with Crippen LogP contribution in [0.2, 0.25) is 0 Å². The fourth-order valence-corrected chi connectivity index (χ4v) is 4.55. The number of rotatable bonds is 2. The van der Waals surface area contributed by atoms with Gasteiger partial charge in [0.05, 0.1) is 0 Å². The zero-order chi connectivity index (χ0) is 19.3. The number of carbonyl (C=O) groups excluding carboxylic acids is 2. The third-order valence-electron chi connectivity index (χ3n) is 5.92. The maximum absolute atomic E-state index is 14.9. The zero-order valence-corrected chi connectivity index (χ0v) is 16.0. The number of nitrogens with zero attached hydrogens (tertiary/aromatic N) is 4. The van der Waals surface area contributed by atoms with E-state index in [4.69, 9.17) is 0 Å². The van der Waals surface area contributed by atoms with E-state index in [2.05, 4.69) is 4.98 Å². The van der Waals surface area contributed by atoms with Crippen LogP contribution in [0.15, 0.2) is 18.3 Å². The van der Waals surface area contributed by atoms with Crippen LogP contribution in [0.4, 0.5) is 4.39 Å². The Morgan fingerprint density at radius 2 is 1.93 bits per heavy atom. The van der Waals surface area contributed by atoms with Crippen molar-refractivity contribution < 1.29 is 14.0 Å². The summed E-state index contributed by atoms with van der Waals surface area (Å²) in [7, 11) is 0. The first-order valence-electron chi connectivity index (χ1n) is 9.62. The third kappa shape index (κ3) is 2.63. The fourth-order valence-electron chi connectivity index (χ4n) is 4.55. The maximum atomic E-state index is 14.9. The van der Waals surface area contributed by atoms with Gasteiger partial charge in [0, 0.05) is 25.3 Å². The lowest BCUT2D eigenvalue weighted by atomic mass is 9.84. The molecule has 144 valence electrons. The molecule has 27 heavy (non-hydrogen) atoms. The van der Waals surface area contributed by atoms with Gasteiger partial charge in [-0.15, -0.1) is 0 Å². The van der Waals surface area contributed by atoms with Crippen LogP contribution in [0.25, 0.3) is 5.65 Å². The summed E-state index contributed by atoms with van der Waals surface area (Å²) in [6, 6.07) is 3.61. The van der Waals surface area contributed by atoms with Crippen molar-refractivity contribution in [3.63, 3.8) is 0 Å². The van der Waals surface area contributed by atoms with Crippen LogP contribution in [0.5, 0.6) is 0 Å². The molecule has 4 heterocycles. The average Bonchev–Trinajstić information content (AvgIpc) is 3.19. The molecule has 1 spiro atoms. The molecule has 0 saturated carbocycles. The SMILES string of the molecule is Cc1ccc2nc(C(=O)N3CCCC34CCCN(C(C)C)C4=O)c(F)n2c1. The Morgan fingerprint density at radius 3 is 2.63 bits per heavy atom. The Labute approximate surface area is 158 Å². The van der Waals surface area contributed by atoms with Crippen molar-refractivity contribution in [2.24, 2.45) is 0 Å². The molecule has 0 aromatic carbocycles. The number of piperidine rings is 1. The third-order valence-corrected chi connectivity index (χ3v) is 5.92. The number of imidazole rings is 1. The van der Waals surface area contributed by atoms with Crippen LogP contribution in [-0.4, -0.2) is 55.7 Å². The molecule has 0 bridgehead atoms. The van der Waals surface area contributed by atoms with E-state index in [0.717, 1.165) is 18.4 Å². The van der Waals surface area contributed by atoms with Gasteiger partial charge in [0.25, 0.3) is 5.91 Å². The van der Waals surface area contributed by atoms with Crippen molar-refractivity contribution in [1.29, 1.82) is 0 Å². The van der Waals surface area contributed by atoms with E-state index in [-0.39, 0.29) is 17.6 Å². The normalized spacial score (nSPS) is 23.2. The second-order valence-corrected chi connectivity index (χ2v) is 7.97. The predicted octanol–water partition coefficient (Wildman–Crippen LogP) is 2.79. The molecule has 6 nitrogen and oxygen atoms in total. The Kier molecular flexibility index (Phi) is 4.20. The van der Waals surface area contributed by atoms with Crippen LogP contribution in [0.1, 0.15) is 55.6 Å². The first-order valence-corrected chi connectivity index (χ1v) is 9.62. The number of fused-ring (bicyclic) bond motifs is 1. The van der Waals surface area contributed by atoms with E-state index in [9.17, 15) is 14.0 Å². The molecule has 2 aromatic rings. The number of hydrogen-bond acceptors (Lipinski definition) is 3. The van der Waals surface area contributed by atoms with Gasteiger partial charge >= 0.3 is 0 Å². The molecule has 2 aliphatic rings. The van der Waals surface area contributed by atoms with Crippen LogP contribution in [-0.2, 0) is 4.79 Å². The van der Waals surface area contributed by atoms with Gasteiger partial charge < -0.3 is 9.80 Å². The van der Waals surface area contributed by atoms with Gasteiger partial charge in [-0.05, 0) is 58.1 Å². The average molecular weight is 372 g/mol. The monoisotopic (exact) mass is 372 g/mol. The highest BCUT2D eigenvalue weighted by atomic mass is 19.1. The van der Waals surface area contributed by atoms with E-state index in [0.29, 0.717) is 31.6 Å². The van der Waals surface area contributed by atoms with Crippen molar-refractivity contribution >= 4 is 17.5 Å². The summed E-state index contributed by atoms with van der Waals surface area (Å²) in [5.74, 6) is -1.15. The molecule has 0 aliphatic carbocycles. The predicted molar refractivity (Wildman–Crippen MR) is 99.0 cm³/mol. The highest BCUT2D eigenvalue weighted by Gasteiger charge is 2.53. The summed E-state index contributed by atoms with van der Waals surface area (Å²) >= 11 is 0. The zero-order valence-electron chi connectivity index (χ0n) is 16.0. The lowest BCUT2D eigenvalue weighted by molar-refractivity contribution is -0.147. The number of amides is 2. The van der Waals surface area contributed by atoms with E-state index < -0.39 is 17.4 Å². The molecule has 0 radical (unpaired) electrons. The van der Waals surface area contributed by atoms with Crippen LogP contribution in [0, 0.1) is 12.9 Å². The van der Waals surface area contributed by atoms with Gasteiger partial charge in [-0.1, -0.05) is 6.07 Å². The first-order chi connectivity index (χ1) is 12.8. The van der Waals surface area contributed by atoms with E-state index in [1.807, 2.05) is 31.7 Å². The van der Waals surface area contributed by atoms with E-state index >= 15 is 0 Å². The number of pyridine rings is 1. The van der Waals surface area contributed by atoms with Crippen molar-refractivity contribution in [1.82, 2.24) is 19.2 Å². The smallest absolute Gasteiger partial charge is 0.278 e. The van der Waals surface area contributed by atoms with Gasteiger partial charge in [-0.3, -0.25) is 14.0 Å². The molecule has 1 unspecified atom stereocenters. The van der Waals surface area contributed by atoms with Crippen LogP contribution in [0.3, 0.4) is 0 Å². The number of aromatic nitrogens is 2. The van der Waals surface area contributed by atoms with Gasteiger partial charge in [-0.25, -0.2) is 4.98 Å². The molecule has 2 amide bonds. The van der Waals surface area contributed by atoms with E-state index in [1.165, 1.54) is 4.40 Å². The molecule has 2 saturated heterocycles. The number of aryl methyl sites for hydroxylation is 1. The molecule has 2 aromatic heterocycles. The maximum Gasteiger partial charge on any atom is 0.278 e. The lowest BCUT2D eigenvalue weighted by Gasteiger charge is -2.45. The summed E-state index contributed by atoms with van der Waals surface area (Å²) in [5.41, 5.74) is 0.230. The second kappa shape index (κ2) is 6.32. The Morgan fingerprint density at radius 1 is 1.22 bits per heavy atom. The number of halogens is 1. The Balaban J connectivity index is 1.73. The first kappa shape index (κ1) is 17.9. The molecular formula is C20H25FN4O2. The summed E-state index contributed by atoms with van der Waals surface area (Å²) in [6.45, 7) is 7.01. The molecule has 1 atom stereocenters. The minimum Gasteiger partial charge on any atom is -0.338 e. The second-order valence-electron chi connectivity index (χ2n) is 7.97. The topological polar surface area (TPSA) is 57.9 Å². The Hall–Kier alpha value is -2.44. The van der Waals surface area contributed by atoms with Crippen molar-refractivity contribution in [2.45, 2.75) is 58.0 Å². The summed E-state index contributed by atoms with van der Waals surface area (Å²) in [5, 5.41) is 0. The summed E-state index contributed by atoms with van der Waals surface area (Å²) < 4.78 is 16.2. The minimum absolute atomic E-state index is 0.00498. The van der Waals surface area contributed by atoms with Gasteiger partial charge in [0.2, 0.25) is 11.9 Å². The Bertz CT molecular complexity index is 922. The molecule has 4 rings (SSSR count). The molecule has 7 heteroatoms. The quantitative estimate of drug-likeness (QED) is 0.815. The highest BCUT2D eigenvalue weighted by molar-refractivity contribution is 5.99. The molecule has 2 fully saturated rings. The molecular weight excluding hydrogens is 347 g/mol. The van der Waals surface area contributed by atoms with Crippen molar-refractivity contribution in [2.75, 3.05) is 13.1 Å². The summed E-state index contributed by atoms with van der Waals surface area (Å²) in [4.78, 5) is 34.2. The van der Waals surface area contributed by atoms with Crippen LogP contribution < -0.4 is 0 Å². The largest absolute Gasteiger partial charge is 0.338 e. The van der Waals surface area contributed by atoms with Crippen molar-refractivity contribution in [3.05, 3.63) is 35.5 Å².